The van der Waals surface area contributed by atoms with Crippen molar-refractivity contribution in [3.8, 4) is 0 Å². The Kier molecular flexibility index (Phi) is 3.56. The Labute approximate surface area is 139 Å². The van der Waals surface area contributed by atoms with E-state index >= 15 is 0 Å². The van der Waals surface area contributed by atoms with E-state index in [1.54, 1.807) is 0 Å². The van der Waals surface area contributed by atoms with Gasteiger partial charge in [0.25, 0.3) is 0 Å². The Hall–Kier alpha value is -0.160. The third kappa shape index (κ3) is 2.32. The maximum atomic E-state index is 6.63. The van der Waals surface area contributed by atoms with Crippen LogP contribution < -0.4 is 0 Å². The fourth-order valence-corrected chi connectivity index (χ4v) is 5.85. The van der Waals surface area contributed by atoms with E-state index in [0.717, 1.165) is 38.5 Å². The molecule has 0 aromatic carbocycles. The molecule has 23 heavy (non-hydrogen) atoms. The summed E-state index contributed by atoms with van der Waals surface area (Å²) in [7, 11) is 0. The lowest BCUT2D eigenvalue weighted by Crippen LogP contribution is -2.53. The first kappa shape index (κ1) is 15.1. The summed E-state index contributed by atoms with van der Waals surface area (Å²) in [5.74, 6) is -0.301. The van der Waals surface area contributed by atoms with Crippen LogP contribution in [0.4, 0.5) is 0 Å². The van der Waals surface area contributed by atoms with Crippen molar-refractivity contribution in [3.63, 3.8) is 0 Å². The Bertz CT molecular complexity index is 460. The molecule has 3 aliphatic heterocycles. The minimum Gasteiger partial charge on any atom is -0.369 e. The molecule has 0 aromatic heterocycles. The van der Waals surface area contributed by atoms with E-state index in [9.17, 15) is 0 Å². The highest BCUT2D eigenvalue weighted by Crippen LogP contribution is 2.55. The molecule has 130 valence electrons. The summed E-state index contributed by atoms with van der Waals surface area (Å²) >= 11 is 0. The third-order valence-electron chi connectivity index (χ3n) is 6.85. The molecule has 6 atom stereocenters. The first-order valence-electron chi connectivity index (χ1n) is 9.91. The van der Waals surface area contributed by atoms with E-state index < -0.39 is 0 Å². The van der Waals surface area contributed by atoms with Gasteiger partial charge in [0.15, 0.2) is 5.79 Å². The van der Waals surface area contributed by atoms with Gasteiger partial charge >= 0.3 is 0 Å². The molecule has 5 aliphatic rings. The minimum absolute atomic E-state index is 0.0898. The molecule has 2 saturated carbocycles. The SMILES string of the molecule is CCC[C@H]1CC[C@@H]2O[C@H]3C[C@]2(C[C@H]2OC4(CCCCC4)OC32)O1. The molecule has 4 heteroatoms. The maximum absolute atomic E-state index is 6.63. The van der Waals surface area contributed by atoms with E-state index in [4.69, 9.17) is 18.9 Å². The fourth-order valence-electron chi connectivity index (χ4n) is 5.85. The Morgan fingerprint density at radius 2 is 1.74 bits per heavy atom. The van der Waals surface area contributed by atoms with Gasteiger partial charge in [0, 0.05) is 25.7 Å². The number of hydrogen-bond donors (Lipinski definition) is 0. The third-order valence-corrected chi connectivity index (χ3v) is 6.85. The standard InChI is InChI=1S/C19H30O4/c1-2-6-13-7-8-16-18(21-13)11-14(20-16)17-15(12-18)22-19(23-17)9-4-3-5-10-19/h13-17H,2-12H2,1H3/t13-,14-,15+,16-,17?,18+/m0/s1. The predicted molar refractivity (Wildman–Crippen MR) is 85.2 cm³/mol. The first-order chi connectivity index (χ1) is 11.2. The maximum Gasteiger partial charge on any atom is 0.169 e. The van der Waals surface area contributed by atoms with Crippen molar-refractivity contribution in [2.45, 2.75) is 119 Å². The Balaban J connectivity index is 1.36. The van der Waals surface area contributed by atoms with Gasteiger partial charge in [-0.15, -0.1) is 0 Å². The van der Waals surface area contributed by atoms with Crippen LogP contribution in [0, 0.1) is 0 Å². The van der Waals surface area contributed by atoms with Crippen LogP contribution in [-0.2, 0) is 18.9 Å². The Morgan fingerprint density at radius 3 is 2.57 bits per heavy atom. The van der Waals surface area contributed by atoms with Crippen LogP contribution in [0.2, 0.25) is 0 Å². The normalized spacial score (nSPS) is 50.7. The first-order valence-corrected chi connectivity index (χ1v) is 9.91. The summed E-state index contributed by atoms with van der Waals surface area (Å²) in [6.45, 7) is 2.25. The van der Waals surface area contributed by atoms with Crippen molar-refractivity contribution >= 4 is 0 Å². The topological polar surface area (TPSA) is 36.9 Å². The number of ether oxygens (including phenoxy) is 4. The van der Waals surface area contributed by atoms with Crippen molar-refractivity contribution in [2.24, 2.45) is 0 Å². The summed E-state index contributed by atoms with van der Waals surface area (Å²) in [4.78, 5) is 0. The molecular formula is C19H30O4. The average molecular weight is 322 g/mol. The zero-order valence-electron chi connectivity index (χ0n) is 14.3. The smallest absolute Gasteiger partial charge is 0.169 e. The predicted octanol–water partition coefficient (Wildman–Crippen LogP) is 3.71. The molecule has 2 aliphatic carbocycles. The molecule has 5 rings (SSSR count). The molecule has 0 radical (unpaired) electrons. The molecule has 4 nitrogen and oxygen atoms in total. The fraction of sp³-hybridized carbons (Fsp3) is 1.00. The monoisotopic (exact) mass is 322 g/mol. The highest BCUT2D eigenvalue weighted by Gasteiger charge is 2.65. The van der Waals surface area contributed by atoms with Gasteiger partial charge in [0.05, 0.1) is 30.0 Å². The van der Waals surface area contributed by atoms with Gasteiger partial charge in [-0.2, -0.15) is 0 Å². The minimum atomic E-state index is -0.301. The van der Waals surface area contributed by atoms with Crippen LogP contribution >= 0.6 is 0 Å². The molecule has 0 aromatic rings. The lowest BCUT2D eigenvalue weighted by Gasteiger charge is -2.44. The molecule has 2 bridgehead atoms. The van der Waals surface area contributed by atoms with Crippen molar-refractivity contribution in [3.05, 3.63) is 0 Å². The van der Waals surface area contributed by atoms with Crippen LogP contribution in [0.5, 0.6) is 0 Å². The van der Waals surface area contributed by atoms with Gasteiger partial charge in [-0.3, -0.25) is 0 Å². The van der Waals surface area contributed by atoms with Gasteiger partial charge in [-0.05, 0) is 32.1 Å². The number of fused-ring (bicyclic) bond motifs is 3. The van der Waals surface area contributed by atoms with E-state index in [-0.39, 0.29) is 35.8 Å². The second kappa shape index (κ2) is 5.42. The quantitative estimate of drug-likeness (QED) is 0.776. The molecule has 3 heterocycles. The molecule has 0 amide bonds. The van der Waals surface area contributed by atoms with Crippen LogP contribution in [0.3, 0.4) is 0 Å². The van der Waals surface area contributed by atoms with Gasteiger partial charge < -0.3 is 18.9 Å². The lowest BCUT2D eigenvalue weighted by molar-refractivity contribution is -0.215. The van der Waals surface area contributed by atoms with Crippen molar-refractivity contribution in [2.75, 3.05) is 0 Å². The van der Waals surface area contributed by atoms with E-state index in [1.165, 1.54) is 32.1 Å². The summed E-state index contributed by atoms with van der Waals surface area (Å²) in [6.07, 6.45) is 13.7. The molecular weight excluding hydrogens is 292 g/mol. The molecule has 2 spiro atoms. The summed E-state index contributed by atoms with van der Waals surface area (Å²) < 4.78 is 26.1. The van der Waals surface area contributed by atoms with E-state index in [2.05, 4.69) is 6.92 Å². The Morgan fingerprint density at radius 1 is 0.913 bits per heavy atom. The van der Waals surface area contributed by atoms with Gasteiger partial charge in [0.2, 0.25) is 0 Å². The zero-order valence-corrected chi connectivity index (χ0v) is 14.3. The van der Waals surface area contributed by atoms with Gasteiger partial charge in [-0.25, -0.2) is 0 Å². The summed E-state index contributed by atoms with van der Waals surface area (Å²) in [5, 5.41) is 0. The van der Waals surface area contributed by atoms with Crippen LogP contribution in [0.25, 0.3) is 0 Å². The highest BCUT2D eigenvalue weighted by molar-refractivity contribution is 5.12. The zero-order chi connectivity index (χ0) is 15.5. The average Bonchev–Trinajstić information content (AvgIpc) is 3.04. The second-order valence-corrected chi connectivity index (χ2v) is 8.45. The van der Waals surface area contributed by atoms with Crippen molar-refractivity contribution in [1.29, 1.82) is 0 Å². The molecule has 0 N–H and O–H groups in total. The largest absolute Gasteiger partial charge is 0.369 e. The molecule has 1 unspecified atom stereocenters. The summed E-state index contributed by atoms with van der Waals surface area (Å²) in [5.41, 5.74) is -0.0898. The second-order valence-electron chi connectivity index (χ2n) is 8.45. The summed E-state index contributed by atoms with van der Waals surface area (Å²) in [6, 6.07) is 0. The van der Waals surface area contributed by atoms with Gasteiger partial charge in [0.1, 0.15) is 6.10 Å². The highest BCUT2D eigenvalue weighted by atomic mass is 16.8. The van der Waals surface area contributed by atoms with E-state index in [1.807, 2.05) is 0 Å². The van der Waals surface area contributed by atoms with Gasteiger partial charge in [-0.1, -0.05) is 19.8 Å². The van der Waals surface area contributed by atoms with Crippen molar-refractivity contribution < 1.29 is 18.9 Å². The van der Waals surface area contributed by atoms with Crippen LogP contribution in [0.15, 0.2) is 0 Å². The van der Waals surface area contributed by atoms with Crippen molar-refractivity contribution in [1.82, 2.24) is 0 Å². The molecule has 5 fully saturated rings. The van der Waals surface area contributed by atoms with Crippen LogP contribution in [0.1, 0.15) is 77.6 Å². The lowest BCUT2D eigenvalue weighted by atomic mass is 9.76. The van der Waals surface area contributed by atoms with E-state index in [0.29, 0.717) is 6.10 Å². The van der Waals surface area contributed by atoms with Crippen LogP contribution in [-0.4, -0.2) is 41.9 Å². The number of rotatable bonds is 2. The number of hydrogen-bond acceptors (Lipinski definition) is 4. The molecule has 3 saturated heterocycles.